The molecule has 0 aliphatic carbocycles. The van der Waals surface area contributed by atoms with Crippen molar-refractivity contribution < 1.29 is 9.18 Å². The summed E-state index contributed by atoms with van der Waals surface area (Å²) in [5.41, 5.74) is 13.5. The molecular formula is C14H14FN3O. The van der Waals surface area contributed by atoms with Crippen LogP contribution in [0.4, 0.5) is 21.5 Å². The fraction of sp³-hybridized carbons (Fsp3) is 0.0714. The summed E-state index contributed by atoms with van der Waals surface area (Å²) in [5.74, 6) is -0.808. The topological polar surface area (TPSA) is 81.1 Å². The van der Waals surface area contributed by atoms with Crippen LogP contribution in [0.5, 0.6) is 0 Å². The number of benzene rings is 2. The highest BCUT2D eigenvalue weighted by Gasteiger charge is 2.11. The molecule has 0 spiro atoms. The first-order valence-corrected chi connectivity index (χ1v) is 5.70. The number of hydrogen-bond donors (Lipinski definition) is 3. The molecule has 0 bridgehead atoms. The van der Waals surface area contributed by atoms with E-state index in [0.717, 1.165) is 5.56 Å². The molecule has 2 aromatic rings. The number of nitrogens with two attached hydrogens (primary N) is 2. The van der Waals surface area contributed by atoms with Gasteiger partial charge < -0.3 is 16.8 Å². The van der Waals surface area contributed by atoms with E-state index in [0.29, 0.717) is 16.9 Å². The molecule has 0 atom stereocenters. The van der Waals surface area contributed by atoms with Crippen molar-refractivity contribution in [2.75, 3.05) is 16.8 Å². The molecular weight excluding hydrogens is 245 g/mol. The van der Waals surface area contributed by atoms with Crippen LogP contribution in [0.25, 0.3) is 0 Å². The summed E-state index contributed by atoms with van der Waals surface area (Å²) >= 11 is 0. The van der Waals surface area contributed by atoms with Gasteiger partial charge in [-0.25, -0.2) is 4.39 Å². The molecule has 5 N–H and O–H groups in total. The van der Waals surface area contributed by atoms with E-state index >= 15 is 0 Å². The van der Waals surface area contributed by atoms with Crippen LogP contribution in [-0.2, 0) is 0 Å². The monoisotopic (exact) mass is 259 g/mol. The average molecular weight is 259 g/mol. The number of nitrogens with one attached hydrogen (secondary N) is 1. The Morgan fingerprint density at radius 3 is 2.58 bits per heavy atom. The summed E-state index contributed by atoms with van der Waals surface area (Å²) in [7, 11) is 0. The van der Waals surface area contributed by atoms with Gasteiger partial charge in [0.15, 0.2) is 0 Å². The lowest BCUT2D eigenvalue weighted by Crippen LogP contribution is -2.15. The molecule has 0 saturated carbocycles. The number of hydrogen-bond acceptors (Lipinski definition) is 3. The lowest BCUT2D eigenvalue weighted by molar-refractivity contribution is 0.102. The smallest absolute Gasteiger partial charge is 0.257 e. The van der Waals surface area contributed by atoms with Gasteiger partial charge in [-0.05, 0) is 42.8 Å². The molecule has 0 aromatic heterocycles. The predicted octanol–water partition coefficient (Wildman–Crippen LogP) is 2.55. The Morgan fingerprint density at radius 1 is 1.16 bits per heavy atom. The van der Waals surface area contributed by atoms with Crippen LogP contribution in [0, 0.1) is 12.7 Å². The van der Waals surface area contributed by atoms with E-state index in [1.165, 1.54) is 24.3 Å². The van der Waals surface area contributed by atoms with Gasteiger partial charge in [0.1, 0.15) is 5.82 Å². The second kappa shape index (κ2) is 4.97. The number of anilines is 3. The molecule has 2 rings (SSSR count). The van der Waals surface area contributed by atoms with E-state index in [1.807, 2.05) is 0 Å². The van der Waals surface area contributed by atoms with Crippen molar-refractivity contribution in [2.45, 2.75) is 6.92 Å². The standard InChI is InChI=1S/C14H14FN3O/c1-8-2-3-9(15)6-13(8)18-14(19)11-5-4-10(16)7-12(11)17/h2-7H,16-17H2,1H3,(H,18,19). The van der Waals surface area contributed by atoms with Crippen molar-refractivity contribution in [1.82, 2.24) is 0 Å². The van der Waals surface area contributed by atoms with Crippen LogP contribution in [0.2, 0.25) is 0 Å². The third-order valence-electron chi connectivity index (χ3n) is 2.77. The minimum Gasteiger partial charge on any atom is -0.399 e. The van der Waals surface area contributed by atoms with Crippen molar-refractivity contribution in [3.8, 4) is 0 Å². The van der Waals surface area contributed by atoms with Crippen LogP contribution >= 0.6 is 0 Å². The first-order valence-electron chi connectivity index (χ1n) is 5.70. The second-order valence-electron chi connectivity index (χ2n) is 4.26. The summed E-state index contributed by atoms with van der Waals surface area (Å²) < 4.78 is 13.1. The van der Waals surface area contributed by atoms with E-state index in [9.17, 15) is 9.18 Å². The minimum absolute atomic E-state index is 0.284. The average Bonchev–Trinajstić information content (AvgIpc) is 2.33. The minimum atomic E-state index is -0.411. The van der Waals surface area contributed by atoms with E-state index in [2.05, 4.69) is 5.32 Å². The molecule has 0 radical (unpaired) electrons. The summed E-state index contributed by atoms with van der Waals surface area (Å²) in [6, 6.07) is 8.83. The maximum atomic E-state index is 13.1. The number of carbonyl (C=O) groups is 1. The van der Waals surface area contributed by atoms with Gasteiger partial charge in [0, 0.05) is 17.1 Å². The van der Waals surface area contributed by atoms with Gasteiger partial charge in [-0.1, -0.05) is 6.07 Å². The Morgan fingerprint density at radius 2 is 1.89 bits per heavy atom. The lowest BCUT2D eigenvalue weighted by atomic mass is 10.1. The van der Waals surface area contributed by atoms with E-state index in [4.69, 9.17) is 11.5 Å². The number of aryl methyl sites for hydroxylation is 1. The third-order valence-corrected chi connectivity index (χ3v) is 2.77. The fourth-order valence-corrected chi connectivity index (χ4v) is 1.71. The summed E-state index contributed by atoms with van der Waals surface area (Å²) in [6.07, 6.45) is 0. The van der Waals surface area contributed by atoms with Gasteiger partial charge in [-0.3, -0.25) is 4.79 Å². The predicted molar refractivity (Wildman–Crippen MR) is 74.4 cm³/mol. The highest BCUT2D eigenvalue weighted by atomic mass is 19.1. The van der Waals surface area contributed by atoms with Crippen molar-refractivity contribution in [2.24, 2.45) is 0 Å². The number of halogens is 1. The zero-order chi connectivity index (χ0) is 14.0. The highest BCUT2D eigenvalue weighted by molar-refractivity contribution is 6.08. The summed E-state index contributed by atoms with van der Waals surface area (Å²) in [5, 5.41) is 2.63. The Kier molecular flexibility index (Phi) is 3.37. The third kappa shape index (κ3) is 2.82. The Bertz CT molecular complexity index is 641. The molecule has 0 aliphatic rings. The largest absolute Gasteiger partial charge is 0.399 e. The quantitative estimate of drug-likeness (QED) is 0.725. The maximum Gasteiger partial charge on any atom is 0.257 e. The first-order chi connectivity index (χ1) is 8.97. The Labute approximate surface area is 110 Å². The van der Waals surface area contributed by atoms with Crippen LogP contribution in [0.15, 0.2) is 36.4 Å². The molecule has 0 saturated heterocycles. The second-order valence-corrected chi connectivity index (χ2v) is 4.26. The van der Waals surface area contributed by atoms with Gasteiger partial charge in [0.25, 0.3) is 5.91 Å². The number of carbonyl (C=O) groups excluding carboxylic acids is 1. The molecule has 98 valence electrons. The van der Waals surface area contributed by atoms with Crippen LogP contribution in [0.1, 0.15) is 15.9 Å². The van der Waals surface area contributed by atoms with Gasteiger partial charge in [0.05, 0.1) is 5.56 Å². The van der Waals surface area contributed by atoms with Gasteiger partial charge in [-0.15, -0.1) is 0 Å². The van der Waals surface area contributed by atoms with Crippen LogP contribution in [-0.4, -0.2) is 5.91 Å². The highest BCUT2D eigenvalue weighted by Crippen LogP contribution is 2.20. The van der Waals surface area contributed by atoms with E-state index in [1.54, 1.807) is 19.1 Å². The van der Waals surface area contributed by atoms with E-state index < -0.39 is 11.7 Å². The van der Waals surface area contributed by atoms with Crippen LogP contribution in [0.3, 0.4) is 0 Å². The molecule has 0 unspecified atom stereocenters. The van der Waals surface area contributed by atoms with Crippen molar-refractivity contribution in [3.05, 3.63) is 53.3 Å². The normalized spacial score (nSPS) is 10.2. The molecule has 0 heterocycles. The molecule has 5 heteroatoms. The zero-order valence-electron chi connectivity index (χ0n) is 10.4. The van der Waals surface area contributed by atoms with Gasteiger partial charge >= 0.3 is 0 Å². The molecule has 0 fully saturated rings. The zero-order valence-corrected chi connectivity index (χ0v) is 10.4. The van der Waals surface area contributed by atoms with Crippen molar-refractivity contribution >= 4 is 23.0 Å². The first kappa shape index (κ1) is 12.9. The molecule has 0 aliphatic heterocycles. The Hall–Kier alpha value is -2.56. The van der Waals surface area contributed by atoms with E-state index in [-0.39, 0.29) is 5.69 Å². The molecule has 2 aromatic carbocycles. The summed E-state index contributed by atoms with van der Waals surface area (Å²) in [6.45, 7) is 1.78. The van der Waals surface area contributed by atoms with Crippen molar-refractivity contribution in [1.29, 1.82) is 0 Å². The maximum absolute atomic E-state index is 13.1. The molecule has 4 nitrogen and oxygen atoms in total. The SMILES string of the molecule is Cc1ccc(F)cc1NC(=O)c1ccc(N)cc1N. The Balaban J connectivity index is 2.28. The number of rotatable bonds is 2. The lowest BCUT2D eigenvalue weighted by Gasteiger charge is -2.10. The number of nitrogen functional groups attached to an aromatic ring is 2. The fourth-order valence-electron chi connectivity index (χ4n) is 1.71. The van der Waals surface area contributed by atoms with Crippen LogP contribution < -0.4 is 16.8 Å². The summed E-state index contributed by atoms with van der Waals surface area (Å²) in [4.78, 5) is 12.1. The number of amides is 1. The van der Waals surface area contributed by atoms with Gasteiger partial charge in [-0.2, -0.15) is 0 Å². The molecule has 19 heavy (non-hydrogen) atoms. The molecule has 1 amide bonds. The van der Waals surface area contributed by atoms with Gasteiger partial charge in [0.2, 0.25) is 0 Å². The van der Waals surface area contributed by atoms with Crippen molar-refractivity contribution in [3.63, 3.8) is 0 Å².